The fourth-order valence-corrected chi connectivity index (χ4v) is 2.62. The van der Waals surface area contributed by atoms with Crippen molar-refractivity contribution in [2.75, 3.05) is 5.73 Å². The van der Waals surface area contributed by atoms with Gasteiger partial charge in [0.15, 0.2) is 5.75 Å². The number of phenols is 1. The van der Waals surface area contributed by atoms with E-state index in [0.717, 1.165) is 5.56 Å². The van der Waals surface area contributed by atoms with E-state index in [1.54, 1.807) is 24.3 Å². The molecule has 0 radical (unpaired) electrons. The van der Waals surface area contributed by atoms with E-state index in [1.165, 1.54) is 12.3 Å². The summed E-state index contributed by atoms with van der Waals surface area (Å²) in [6.07, 6.45) is 1.47. The van der Waals surface area contributed by atoms with E-state index < -0.39 is 5.97 Å². The van der Waals surface area contributed by atoms with E-state index in [9.17, 15) is 9.90 Å². The number of phenolic OH excluding ortho intramolecular Hbond substituents is 1. The van der Waals surface area contributed by atoms with E-state index in [1.807, 2.05) is 20.8 Å². The van der Waals surface area contributed by atoms with E-state index in [-0.39, 0.29) is 24.0 Å². The van der Waals surface area contributed by atoms with Crippen molar-refractivity contribution in [3.05, 3.63) is 54.3 Å². The van der Waals surface area contributed by atoms with Gasteiger partial charge in [-0.25, -0.2) is 0 Å². The summed E-state index contributed by atoms with van der Waals surface area (Å²) in [4.78, 5) is 10.9. The van der Waals surface area contributed by atoms with E-state index >= 15 is 0 Å². The van der Waals surface area contributed by atoms with Crippen molar-refractivity contribution in [1.29, 1.82) is 0 Å². The molecule has 0 spiro atoms. The van der Waals surface area contributed by atoms with Gasteiger partial charge >= 0.3 is 5.97 Å². The monoisotopic (exact) mass is 371 g/mol. The van der Waals surface area contributed by atoms with Crippen LogP contribution in [0.2, 0.25) is 0 Å². The number of carbonyl (C=O) groups is 1. The average Bonchev–Trinajstić information content (AvgIpc) is 2.56. The topological polar surface area (TPSA) is 102 Å². The van der Waals surface area contributed by atoms with Crippen molar-refractivity contribution in [2.24, 2.45) is 0 Å². The highest BCUT2D eigenvalue weighted by Gasteiger charge is 2.23. The molecule has 144 valence electrons. The van der Waals surface area contributed by atoms with Crippen LogP contribution >= 0.6 is 0 Å². The highest BCUT2D eigenvalue weighted by Crippen LogP contribution is 2.41. The van der Waals surface area contributed by atoms with Crippen molar-refractivity contribution < 1.29 is 24.5 Å². The lowest BCUT2D eigenvalue weighted by Crippen LogP contribution is -2.13. The van der Waals surface area contributed by atoms with Gasteiger partial charge in [0.1, 0.15) is 17.2 Å². The largest absolute Gasteiger partial charge is 0.508 e. The first-order valence-corrected chi connectivity index (χ1v) is 8.55. The SMILES string of the molecule is C=COc1ccc(N)c(Oc2cc(O)c(CCC(=O)O)cc2C(C)(C)C)c1. The molecule has 6 heteroatoms. The van der Waals surface area contributed by atoms with Crippen LogP contribution in [0.15, 0.2) is 43.2 Å². The zero-order chi connectivity index (χ0) is 20.2. The van der Waals surface area contributed by atoms with Crippen LogP contribution < -0.4 is 15.2 Å². The Morgan fingerprint density at radius 3 is 2.52 bits per heavy atom. The lowest BCUT2D eigenvalue weighted by molar-refractivity contribution is -0.136. The van der Waals surface area contributed by atoms with Crippen molar-refractivity contribution in [1.82, 2.24) is 0 Å². The number of carboxylic acid groups (broad SMARTS) is 1. The molecule has 0 unspecified atom stereocenters. The predicted octanol–water partition coefficient (Wildman–Crippen LogP) is 4.60. The van der Waals surface area contributed by atoms with Crippen LogP contribution in [0, 0.1) is 0 Å². The fourth-order valence-electron chi connectivity index (χ4n) is 2.62. The number of aromatic hydroxyl groups is 1. The number of anilines is 1. The molecule has 0 heterocycles. The highest BCUT2D eigenvalue weighted by atomic mass is 16.5. The second-order valence-electron chi connectivity index (χ2n) is 7.21. The number of aliphatic carboxylic acids is 1. The van der Waals surface area contributed by atoms with Crippen LogP contribution in [0.1, 0.15) is 38.3 Å². The normalized spacial score (nSPS) is 11.1. The zero-order valence-corrected chi connectivity index (χ0v) is 15.8. The molecule has 4 N–H and O–H groups in total. The van der Waals surface area contributed by atoms with Crippen LogP contribution in [0.3, 0.4) is 0 Å². The van der Waals surface area contributed by atoms with Crippen molar-refractivity contribution >= 4 is 11.7 Å². The minimum atomic E-state index is -0.918. The quantitative estimate of drug-likeness (QED) is 0.485. The molecule has 2 aromatic rings. The summed E-state index contributed by atoms with van der Waals surface area (Å²) in [5.41, 5.74) is 7.51. The molecule has 0 atom stereocenters. The van der Waals surface area contributed by atoms with Gasteiger partial charge in [0.2, 0.25) is 0 Å². The Morgan fingerprint density at radius 2 is 1.93 bits per heavy atom. The lowest BCUT2D eigenvalue weighted by Gasteiger charge is -2.24. The van der Waals surface area contributed by atoms with Gasteiger partial charge in [0.05, 0.1) is 11.9 Å². The Hall–Kier alpha value is -3.15. The Kier molecular flexibility index (Phi) is 6.00. The maximum atomic E-state index is 10.9. The molecule has 2 rings (SSSR count). The molecule has 0 aliphatic rings. The number of nitrogen functional groups attached to an aromatic ring is 1. The van der Waals surface area contributed by atoms with Crippen LogP contribution in [-0.2, 0) is 16.6 Å². The van der Waals surface area contributed by atoms with Crippen molar-refractivity contribution in [3.8, 4) is 23.0 Å². The first kappa shape index (κ1) is 20.2. The van der Waals surface area contributed by atoms with E-state index in [0.29, 0.717) is 28.5 Å². The highest BCUT2D eigenvalue weighted by molar-refractivity contribution is 5.67. The first-order valence-electron chi connectivity index (χ1n) is 8.55. The first-order chi connectivity index (χ1) is 12.6. The molecule has 0 bridgehead atoms. The van der Waals surface area contributed by atoms with Gasteiger partial charge in [-0.1, -0.05) is 27.4 Å². The van der Waals surface area contributed by atoms with Gasteiger partial charge in [0, 0.05) is 24.1 Å². The molecule has 2 aromatic carbocycles. The van der Waals surface area contributed by atoms with E-state index in [4.69, 9.17) is 20.3 Å². The number of rotatable bonds is 7. The van der Waals surface area contributed by atoms with Crippen LogP contribution in [-0.4, -0.2) is 16.2 Å². The molecule has 0 aliphatic carbocycles. The van der Waals surface area contributed by atoms with E-state index in [2.05, 4.69) is 6.58 Å². The molecule has 0 saturated carbocycles. The molecule has 27 heavy (non-hydrogen) atoms. The zero-order valence-electron chi connectivity index (χ0n) is 15.8. The molecule has 6 nitrogen and oxygen atoms in total. The summed E-state index contributed by atoms with van der Waals surface area (Å²) < 4.78 is 11.3. The maximum absolute atomic E-state index is 10.9. The smallest absolute Gasteiger partial charge is 0.303 e. The summed E-state index contributed by atoms with van der Waals surface area (Å²) in [7, 11) is 0. The molecular weight excluding hydrogens is 346 g/mol. The maximum Gasteiger partial charge on any atom is 0.303 e. The number of hydrogen-bond acceptors (Lipinski definition) is 5. The van der Waals surface area contributed by atoms with Gasteiger partial charge < -0.3 is 25.4 Å². The summed E-state index contributed by atoms with van der Waals surface area (Å²) >= 11 is 0. The molecule has 0 amide bonds. The summed E-state index contributed by atoms with van der Waals surface area (Å²) in [5.74, 6) is 0.419. The molecule has 0 fully saturated rings. The second-order valence-corrected chi connectivity index (χ2v) is 7.21. The number of carboxylic acids is 1. The van der Waals surface area contributed by atoms with Crippen molar-refractivity contribution in [3.63, 3.8) is 0 Å². The third kappa shape index (κ3) is 5.17. The van der Waals surface area contributed by atoms with Crippen LogP contribution in [0.25, 0.3) is 0 Å². The number of hydrogen-bond donors (Lipinski definition) is 3. The molecule has 0 aromatic heterocycles. The molecule has 0 saturated heterocycles. The Labute approximate surface area is 158 Å². The third-order valence-corrected chi connectivity index (χ3v) is 4.02. The molecule has 0 aliphatic heterocycles. The number of aryl methyl sites for hydroxylation is 1. The minimum Gasteiger partial charge on any atom is -0.508 e. The summed E-state index contributed by atoms with van der Waals surface area (Å²) in [6, 6.07) is 8.28. The average molecular weight is 371 g/mol. The minimum absolute atomic E-state index is 0.0173. The summed E-state index contributed by atoms with van der Waals surface area (Å²) in [5, 5.41) is 19.2. The van der Waals surface area contributed by atoms with Crippen molar-refractivity contribution in [2.45, 2.75) is 39.0 Å². The van der Waals surface area contributed by atoms with Gasteiger partial charge in [-0.3, -0.25) is 4.79 Å². The predicted molar refractivity (Wildman–Crippen MR) is 105 cm³/mol. The van der Waals surface area contributed by atoms with Crippen LogP contribution in [0.4, 0.5) is 5.69 Å². The standard InChI is InChI=1S/C21H25NO5/c1-5-26-14-7-8-16(22)19(11-14)27-18-12-17(23)13(6-9-20(24)25)10-15(18)21(2,3)4/h5,7-8,10-12,23H,1,6,9,22H2,2-4H3,(H,24,25). The third-order valence-electron chi connectivity index (χ3n) is 4.02. The van der Waals surface area contributed by atoms with Crippen LogP contribution in [0.5, 0.6) is 23.0 Å². The van der Waals surface area contributed by atoms with Gasteiger partial charge in [-0.05, 0) is 35.6 Å². The number of ether oxygens (including phenoxy) is 2. The fraction of sp³-hybridized carbons (Fsp3) is 0.286. The Balaban J connectivity index is 2.47. The Bertz CT molecular complexity index is 852. The summed E-state index contributed by atoms with van der Waals surface area (Å²) in [6.45, 7) is 9.54. The van der Waals surface area contributed by atoms with Gasteiger partial charge in [0.25, 0.3) is 0 Å². The number of benzene rings is 2. The second kappa shape index (κ2) is 8.03. The molecular formula is C21H25NO5. The van der Waals surface area contributed by atoms with Gasteiger partial charge in [-0.2, -0.15) is 0 Å². The number of nitrogens with two attached hydrogens (primary N) is 1. The van der Waals surface area contributed by atoms with Gasteiger partial charge in [-0.15, -0.1) is 0 Å². The Morgan fingerprint density at radius 1 is 1.22 bits per heavy atom. The lowest BCUT2D eigenvalue weighted by atomic mass is 9.84.